The topological polar surface area (TPSA) is 18.5 Å². The van der Waals surface area contributed by atoms with E-state index >= 15 is 0 Å². The molecule has 3 saturated carbocycles. The van der Waals surface area contributed by atoms with Crippen molar-refractivity contribution < 1.29 is 0 Å². The van der Waals surface area contributed by atoms with Crippen molar-refractivity contribution in [3.8, 4) is 0 Å². The van der Waals surface area contributed by atoms with E-state index in [0.29, 0.717) is 0 Å². The smallest absolute Gasteiger partial charge is 0.293 e. The molecule has 3 aliphatic carbocycles. The van der Waals surface area contributed by atoms with E-state index in [9.17, 15) is 0 Å². The molecular formula is C18H36B3N3. The minimum atomic E-state index is 0.748. The third kappa shape index (κ3) is 3.91. The normalized spacial score (nSPS) is 30.1. The Bertz CT molecular complexity index is 354. The Labute approximate surface area is 151 Å². The van der Waals surface area contributed by atoms with Gasteiger partial charge in [0.15, 0.2) is 0 Å². The molecule has 0 amide bonds. The molecule has 1 saturated heterocycles. The molecule has 0 atom stereocenters. The molecule has 3 nitrogen and oxygen atoms in total. The predicted octanol–water partition coefficient (Wildman–Crippen LogP) is 3.21. The quantitative estimate of drug-likeness (QED) is 0.803. The standard InChI is InChI=1S/C18H36B3N3/c1-4-10-16(11-5-1)21-23(17-12-6-2-7-13-17)19-22-20-24(21)18-14-8-3-9-15-18/h16-20,22H,1-15H2. The number of nitrogens with zero attached hydrogens (tertiary/aromatic N) is 2. The van der Waals surface area contributed by atoms with Gasteiger partial charge in [0.25, 0.3) is 22.1 Å². The van der Waals surface area contributed by atoms with Crippen LogP contribution in [0.15, 0.2) is 0 Å². The van der Waals surface area contributed by atoms with Crippen molar-refractivity contribution in [2.45, 2.75) is 114 Å². The lowest BCUT2D eigenvalue weighted by Crippen LogP contribution is -2.72. The summed E-state index contributed by atoms with van der Waals surface area (Å²) in [6.45, 7) is 0.748. The Morgan fingerprint density at radius 3 is 1.46 bits per heavy atom. The fourth-order valence-electron chi connectivity index (χ4n) is 6.18. The van der Waals surface area contributed by atoms with Gasteiger partial charge >= 0.3 is 0 Å². The summed E-state index contributed by atoms with van der Waals surface area (Å²) in [5.41, 5.74) is 0. The van der Waals surface area contributed by atoms with Crippen molar-refractivity contribution in [1.82, 2.24) is 14.6 Å². The summed E-state index contributed by atoms with van der Waals surface area (Å²) in [5, 5.41) is 3.80. The minimum absolute atomic E-state index is 0.748. The molecule has 0 bridgehead atoms. The van der Waals surface area contributed by atoms with Gasteiger partial charge in [-0.25, -0.2) is 0 Å². The van der Waals surface area contributed by atoms with Gasteiger partial charge < -0.3 is 14.6 Å². The van der Waals surface area contributed by atoms with Crippen LogP contribution in [-0.2, 0) is 0 Å². The summed E-state index contributed by atoms with van der Waals surface area (Å²) in [5.74, 6) is 0.935. The molecule has 1 aliphatic heterocycles. The summed E-state index contributed by atoms with van der Waals surface area (Å²) in [4.78, 5) is 0. The summed E-state index contributed by atoms with van der Waals surface area (Å²) >= 11 is 0. The zero-order valence-electron chi connectivity index (χ0n) is 15.7. The molecule has 4 rings (SSSR count). The fraction of sp³-hybridized carbons (Fsp3) is 1.00. The zero-order valence-corrected chi connectivity index (χ0v) is 15.7. The Kier molecular flexibility index (Phi) is 6.30. The van der Waals surface area contributed by atoms with Crippen molar-refractivity contribution >= 4 is 22.1 Å². The van der Waals surface area contributed by atoms with E-state index in [1.54, 1.807) is 0 Å². The highest BCUT2D eigenvalue weighted by atomic mass is 15.3. The van der Waals surface area contributed by atoms with Gasteiger partial charge in [0.2, 0.25) is 0 Å². The number of rotatable bonds is 3. The van der Waals surface area contributed by atoms with E-state index < -0.39 is 0 Å². The Hall–Kier alpha value is 0.0748. The SMILES string of the molecule is B1NBN(C2CCCCC2)B(C2CCCCC2)N1C1CCCCC1. The summed E-state index contributed by atoms with van der Waals surface area (Å²) in [6, 6.07) is 1.70. The highest BCUT2D eigenvalue weighted by Gasteiger charge is 2.45. The zero-order chi connectivity index (χ0) is 16.2. The molecule has 1 N–H and O–H groups in total. The van der Waals surface area contributed by atoms with Crippen molar-refractivity contribution in [1.29, 1.82) is 0 Å². The van der Waals surface area contributed by atoms with Gasteiger partial charge in [-0.05, 0) is 43.6 Å². The second-order valence-electron chi connectivity index (χ2n) is 8.99. The van der Waals surface area contributed by atoms with Gasteiger partial charge in [-0.1, -0.05) is 70.6 Å². The lowest BCUT2D eigenvalue weighted by atomic mass is 9.46. The first-order valence-electron chi connectivity index (χ1n) is 11.2. The summed E-state index contributed by atoms with van der Waals surface area (Å²) < 4.78 is 5.88. The average Bonchev–Trinajstić information content (AvgIpc) is 2.69. The van der Waals surface area contributed by atoms with Gasteiger partial charge in [-0.15, -0.1) is 0 Å². The molecule has 1 heterocycles. The van der Waals surface area contributed by atoms with Crippen LogP contribution in [0.1, 0.15) is 96.3 Å². The third-order valence-electron chi connectivity index (χ3n) is 7.43. The van der Waals surface area contributed by atoms with Crippen molar-refractivity contribution in [2.75, 3.05) is 0 Å². The molecule has 0 radical (unpaired) electrons. The molecule has 0 aromatic carbocycles. The highest BCUT2D eigenvalue weighted by molar-refractivity contribution is 6.75. The van der Waals surface area contributed by atoms with Gasteiger partial charge in [-0.3, -0.25) is 0 Å². The maximum Gasteiger partial charge on any atom is 0.293 e. The van der Waals surface area contributed by atoms with Crippen LogP contribution in [-0.4, -0.2) is 43.6 Å². The minimum Gasteiger partial charge on any atom is -0.377 e. The monoisotopic (exact) mass is 327 g/mol. The van der Waals surface area contributed by atoms with E-state index in [-0.39, 0.29) is 0 Å². The van der Waals surface area contributed by atoms with E-state index in [1.165, 1.54) is 96.3 Å². The molecule has 4 fully saturated rings. The predicted molar refractivity (Wildman–Crippen MR) is 107 cm³/mol. The first-order chi connectivity index (χ1) is 11.9. The lowest BCUT2D eigenvalue weighted by Gasteiger charge is -2.52. The maximum atomic E-state index is 3.80. The molecular weight excluding hydrogens is 291 g/mol. The molecule has 0 spiro atoms. The molecule has 24 heavy (non-hydrogen) atoms. The Balaban J connectivity index is 1.53. The van der Waals surface area contributed by atoms with Crippen molar-refractivity contribution in [3.05, 3.63) is 0 Å². The number of nitrogens with one attached hydrogen (secondary N) is 1. The Morgan fingerprint density at radius 2 is 1.00 bits per heavy atom. The van der Waals surface area contributed by atoms with Gasteiger partial charge in [0.05, 0.1) is 0 Å². The number of hydrogen-bond donors (Lipinski definition) is 1. The molecule has 0 unspecified atom stereocenters. The van der Waals surface area contributed by atoms with Crippen LogP contribution in [0.4, 0.5) is 0 Å². The Morgan fingerprint density at radius 1 is 0.583 bits per heavy atom. The fourth-order valence-corrected chi connectivity index (χ4v) is 6.18. The van der Waals surface area contributed by atoms with E-state index in [1.807, 2.05) is 0 Å². The molecule has 0 aromatic rings. The second-order valence-corrected chi connectivity index (χ2v) is 8.99. The van der Waals surface area contributed by atoms with Crippen molar-refractivity contribution in [3.63, 3.8) is 0 Å². The molecule has 132 valence electrons. The van der Waals surface area contributed by atoms with Crippen LogP contribution >= 0.6 is 0 Å². The van der Waals surface area contributed by atoms with E-state index in [2.05, 4.69) is 14.6 Å². The van der Waals surface area contributed by atoms with Gasteiger partial charge in [0.1, 0.15) is 0 Å². The first-order valence-corrected chi connectivity index (χ1v) is 11.2. The first kappa shape index (κ1) is 17.5. The van der Waals surface area contributed by atoms with Crippen LogP contribution in [0.5, 0.6) is 0 Å². The summed E-state index contributed by atoms with van der Waals surface area (Å²) in [7, 11) is 2.30. The van der Waals surface area contributed by atoms with Crippen LogP contribution in [0.25, 0.3) is 0 Å². The summed E-state index contributed by atoms with van der Waals surface area (Å²) in [6.07, 6.45) is 22.0. The number of hydrogen-bond acceptors (Lipinski definition) is 3. The van der Waals surface area contributed by atoms with Crippen LogP contribution in [0, 0.1) is 0 Å². The molecule has 4 aliphatic rings. The van der Waals surface area contributed by atoms with Crippen molar-refractivity contribution in [2.24, 2.45) is 0 Å². The van der Waals surface area contributed by atoms with Gasteiger partial charge in [0, 0.05) is 0 Å². The maximum absolute atomic E-state index is 3.80. The largest absolute Gasteiger partial charge is 0.377 e. The van der Waals surface area contributed by atoms with E-state index in [0.717, 1.165) is 40.0 Å². The second kappa shape index (κ2) is 8.64. The van der Waals surface area contributed by atoms with Gasteiger partial charge in [-0.2, -0.15) is 0 Å². The van der Waals surface area contributed by atoms with E-state index in [4.69, 9.17) is 0 Å². The molecule has 0 aromatic heterocycles. The van der Waals surface area contributed by atoms with Crippen LogP contribution in [0.3, 0.4) is 0 Å². The van der Waals surface area contributed by atoms with Crippen LogP contribution < -0.4 is 5.14 Å². The highest BCUT2D eigenvalue weighted by Crippen LogP contribution is 2.38. The average molecular weight is 327 g/mol. The third-order valence-corrected chi connectivity index (χ3v) is 7.43. The lowest BCUT2D eigenvalue weighted by molar-refractivity contribution is 0.273. The van der Waals surface area contributed by atoms with Crippen LogP contribution in [0.2, 0.25) is 5.82 Å². The molecule has 6 heteroatoms.